The summed E-state index contributed by atoms with van der Waals surface area (Å²) in [7, 11) is -2.36. The molecular weight excluding hydrogens is 437 g/mol. The number of sulfonamides is 1. The summed E-state index contributed by atoms with van der Waals surface area (Å²) in [6.07, 6.45) is 1.02. The summed E-state index contributed by atoms with van der Waals surface area (Å²) in [5, 5.41) is 2.72. The van der Waals surface area contributed by atoms with Gasteiger partial charge in [-0.2, -0.15) is 4.31 Å². The van der Waals surface area contributed by atoms with Crippen LogP contribution in [-0.4, -0.2) is 48.9 Å². The van der Waals surface area contributed by atoms with E-state index in [2.05, 4.69) is 5.32 Å². The van der Waals surface area contributed by atoms with Crippen LogP contribution in [0, 0.1) is 25.6 Å². The average Bonchev–Trinajstić information content (AvgIpc) is 3.00. The van der Waals surface area contributed by atoms with Gasteiger partial charge in [-0.15, -0.1) is 0 Å². The van der Waals surface area contributed by atoms with Crippen molar-refractivity contribution >= 4 is 27.6 Å². The van der Waals surface area contributed by atoms with Crippen LogP contribution in [0.5, 0.6) is 0 Å². The predicted molar refractivity (Wildman–Crippen MR) is 117 cm³/mol. The van der Waals surface area contributed by atoms with Gasteiger partial charge in [0.25, 0.3) is 0 Å². The molecule has 0 saturated carbocycles. The molecule has 0 unspecified atom stereocenters. The summed E-state index contributed by atoms with van der Waals surface area (Å²) in [6.45, 7) is 5.34. The number of nitrogens with zero attached hydrogens (tertiary/aromatic N) is 2. The molecule has 0 spiro atoms. The molecule has 0 bridgehead atoms. The van der Waals surface area contributed by atoms with Crippen LogP contribution in [0.2, 0.25) is 0 Å². The number of halogens is 1. The van der Waals surface area contributed by atoms with Crippen molar-refractivity contribution in [3.05, 3.63) is 47.0 Å². The molecule has 1 atom stereocenters. The number of benzene rings is 1. The molecule has 1 aromatic carbocycles. The SMILES string of the molecule is CCOC(=O)c1c(S(=O)(=O)N2CCC[C@H](C(=O)Nc3ccc(F)cc3)C2)c(C)n(C)c1C. The lowest BCUT2D eigenvalue weighted by atomic mass is 9.99. The number of ether oxygens (including phenoxy) is 1. The van der Waals surface area contributed by atoms with Crippen molar-refractivity contribution in [2.75, 3.05) is 25.0 Å². The Morgan fingerprint density at radius 2 is 1.84 bits per heavy atom. The van der Waals surface area contributed by atoms with Crippen LogP contribution >= 0.6 is 0 Å². The normalized spacial score (nSPS) is 17.2. The van der Waals surface area contributed by atoms with Gasteiger partial charge in [-0.3, -0.25) is 4.79 Å². The van der Waals surface area contributed by atoms with Gasteiger partial charge in [0.2, 0.25) is 15.9 Å². The number of amides is 1. The third-order valence-corrected chi connectivity index (χ3v) is 7.89. The van der Waals surface area contributed by atoms with Gasteiger partial charge in [0.1, 0.15) is 16.3 Å². The summed E-state index contributed by atoms with van der Waals surface area (Å²) < 4.78 is 48.3. The highest BCUT2D eigenvalue weighted by Gasteiger charge is 2.39. The number of carbonyl (C=O) groups excluding carboxylic acids is 2. The van der Waals surface area contributed by atoms with Crippen molar-refractivity contribution in [2.45, 2.75) is 38.5 Å². The first-order valence-electron chi connectivity index (χ1n) is 10.5. The third-order valence-electron chi connectivity index (χ3n) is 5.87. The summed E-state index contributed by atoms with van der Waals surface area (Å²) in [5.74, 6) is -2.00. The van der Waals surface area contributed by atoms with E-state index in [0.29, 0.717) is 29.9 Å². The highest BCUT2D eigenvalue weighted by Crippen LogP contribution is 2.32. The molecule has 174 valence electrons. The number of carbonyl (C=O) groups is 2. The molecule has 1 aromatic heterocycles. The molecule has 2 aromatic rings. The summed E-state index contributed by atoms with van der Waals surface area (Å²) in [4.78, 5) is 25.2. The van der Waals surface area contributed by atoms with Crippen molar-refractivity contribution in [1.82, 2.24) is 8.87 Å². The van der Waals surface area contributed by atoms with Gasteiger partial charge in [0.15, 0.2) is 0 Å². The van der Waals surface area contributed by atoms with Crippen LogP contribution in [-0.2, 0) is 26.6 Å². The van der Waals surface area contributed by atoms with Gasteiger partial charge in [-0.1, -0.05) is 0 Å². The first-order valence-corrected chi connectivity index (χ1v) is 11.9. The maximum atomic E-state index is 13.6. The highest BCUT2D eigenvalue weighted by molar-refractivity contribution is 7.89. The van der Waals surface area contributed by atoms with E-state index in [1.807, 2.05) is 0 Å². The van der Waals surface area contributed by atoms with E-state index in [4.69, 9.17) is 4.74 Å². The average molecular weight is 466 g/mol. The van der Waals surface area contributed by atoms with Gasteiger partial charge in [0.05, 0.1) is 12.5 Å². The Labute approximate surface area is 187 Å². The maximum Gasteiger partial charge on any atom is 0.341 e. The smallest absolute Gasteiger partial charge is 0.341 e. The number of anilines is 1. The fourth-order valence-corrected chi connectivity index (χ4v) is 5.96. The fourth-order valence-electron chi connectivity index (χ4n) is 3.96. The lowest BCUT2D eigenvalue weighted by molar-refractivity contribution is -0.120. The molecule has 1 N–H and O–H groups in total. The molecular formula is C22H28FN3O5S. The van der Waals surface area contributed by atoms with Crippen molar-refractivity contribution in [3.8, 4) is 0 Å². The minimum Gasteiger partial charge on any atom is -0.462 e. The van der Waals surface area contributed by atoms with E-state index in [1.165, 1.54) is 28.6 Å². The first-order chi connectivity index (χ1) is 15.1. The van der Waals surface area contributed by atoms with Crippen LogP contribution in [0.4, 0.5) is 10.1 Å². The monoisotopic (exact) mass is 465 g/mol. The second-order valence-electron chi connectivity index (χ2n) is 7.85. The predicted octanol–water partition coefficient (Wildman–Crippen LogP) is 3.00. The lowest BCUT2D eigenvalue weighted by Gasteiger charge is -2.31. The fraction of sp³-hybridized carbons (Fsp3) is 0.455. The second kappa shape index (κ2) is 9.41. The van der Waals surface area contributed by atoms with E-state index >= 15 is 0 Å². The Morgan fingerprint density at radius 1 is 1.19 bits per heavy atom. The molecule has 1 aliphatic heterocycles. The van der Waals surface area contributed by atoms with Crippen molar-refractivity contribution in [3.63, 3.8) is 0 Å². The van der Waals surface area contributed by atoms with E-state index < -0.39 is 27.7 Å². The van der Waals surface area contributed by atoms with Gasteiger partial charge >= 0.3 is 5.97 Å². The van der Waals surface area contributed by atoms with Crippen LogP contribution in [0.3, 0.4) is 0 Å². The van der Waals surface area contributed by atoms with Gasteiger partial charge in [-0.25, -0.2) is 17.6 Å². The molecule has 1 amide bonds. The van der Waals surface area contributed by atoms with Gasteiger partial charge in [0, 0.05) is 37.2 Å². The largest absolute Gasteiger partial charge is 0.462 e. The second-order valence-corrected chi connectivity index (χ2v) is 9.73. The first kappa shape index (κ1) is 23.9. The molecule has 8 nitrogen and oxygen atoms in total. The molecule has 1 fully saturated rings. The zero-order chi connectivity index (χ0) is 23.6. The molecule has 32 heavy (non-hydrogen) atoms. The standard InChI is InChI=1S/C22H28FN3O5S/c1-5-31-22(28)19-14(2)25(4)15(3)20(19)32(29,30)26-12-6-7-16(13-26)21(27)24-18-10-8-17(23)9-11-18/h8-11,16H,5-7,12-13H2,1-4H3,(H,24,27)/t16-/m0/s1. The van der Waals surface area contributed by atoms with Crippen molar-refractivity contribution in [1.29, 1.82) is 0 Å². The third kappa shape index (κ3) is 4.56. The molecule has 0 radical (unpaired) electrons. The van der Waals surface area contributed by atoms with Gasteiger partial charge in [-0.05, 0) is 57.9 Å². The Kier molecular flexibility index (Phi) is 7.04. The van der Waals surface area contributed by atoms with E-state index in [-0.39, 0.29) is 36.1 Å². The molecule has 1 aliphatic rings. The quantitative estimate of drug-likeness (QED) is 0.662. The van der Waals surface area contributed by atoms with E-state index in [1.54, 1.807) is 32.4 Å². The minimum absolute atomic E-state index is 0.00892. The molecule has 10 heteroatoms. The Morgan fingerprint density at radius 3 is 2.47 bits per heavy atom. The minimum atomic E-state index is -4.05. The number of aromatic nitrogens is 1. The summed E-state index contributed by atoms with van der Waals surface area (Å²) in [6, 6.07) is 5.38. The molecule has 0 aliphatic carbocycles. The highest BCUT2D eigenvalue weighted by atomic mass is 32.2. The molecule has 2 heterocycles. The number of hydrogen-bond acceptors (Lipinski definition) is 5. The maximum absolute atomic E-state index is 13.6. The Balaban J connectivity index is 1.87. The number of hydrogen-bond donors (Lipinski definition) is 1. The Hall–Kier alpha value is -2.72. The zero-order valence-corrected chi connectivity index (χ0v) is 19.5. The van der Waals surface area contributed by atoms with E-state index in [9.17, 15) is 22.4 Å². The number of rotatable bonds is 6. The summed E-state index contributed by atoms with van der Waals surface area (Å²) >= 11 is 0. The zero-order valence-electron chi connectivity index (χ0n) is 18.6. The van der Waals surface area contributed by atoms with Crippen LogP contribution in [0.1, 0.15) is 41.5 Å². The van der Waals surface area contributed by atoms with Crippen LogP contribution in [0.25, 0.3) is 0 Å². The number of nitrogens with one attached hydrogen (secondary N) is 1. The van der Waals surface area contributed by atoms with Crippen LogP contribution < -0.4 is 5.32 Å². The number of piperidine rings is 1. The number of esters is 1. The summed E-state index contributed by atoms with van der Waals surface area (Å²) in [5.41, 5.74) is 1.41. The van der Waals surface area contributed by atoms with E-state index in [0.717, 1.165) is 0 Å². The lowest BCUT2D eigenvalue weighted by Crippen LogP contribution is -2.44. The van der Waals surface area contributed by atoms with Crippen molar-refractivity contribution in [2.24, 2.45) is 13.0 Å². The van der Waals surface area contributed by atoms with Gasteiger partial charge < -0.3 is 14.6 Å². The Bertz CT molecular complexity index is 1130. The van der Waals surface area contributed by atoms with Crippen molar-refractivity contribution < 1.29 is 27.1 Å². The topological polar surface area (TPSA) is 97.7 Å². The molecule has 3 rings (SSSR count). The molecule has 1 saturated heterocycles. The van der Waals surface area contributed by atoms with Crippen LogP contribution in [0.15, 0.2) is 29.2 Å².